The van der Waals surface area contributed by atoms with Crippen molar-refractivity contribution in [1.82, 2.24) is 5.32 Å². The van der Waals surface area contributed by atoms with Gasteiger partial charge in [0.05, 0.1) is 8.93 Å². The van der Waals surface area contributed by atoms with Gasteiger partial charge in [-0.3, -0.25) is 0 Å². The maximum atomic E-state index is 14.0. The molecule has 1 heterocycles. The molecule has 2 aromatic rings. The van der Waals surface area contributed by atoms with Gasteiger partial charge in [-0.2, -0.15) is 0 Å². The zero-order chi connectivity index (χ0) is 13.1. The van der Waals surface area contributed by atoms with Crippen molar-refractivity contribution in [2.75, 3.05) is 6.54 Å². The highest BCUT2D eigenvalue weighted by Crippen LogP contribution is 2.30. The fourth-order valence-corrected chi connectivity index (χ4v) is 3.60. The van der Waals surface area contributed by atoms with E-state index in [0.29, 0.717) is 5.56 Å². The molecule has 0 aliphatic heterocycles. The van der Waals surface area contributed by atoms with Crippen molar-refractivity contribution in [1.29, 1.82) is 0 Å². The first-order chi connectivity index (χ1) is 8.61. The van der Waals surface area contributed by atoms with Gasteiger partial charge in [0.1, 0.15) is 5.82 Å². The van der Waals surface area contributed by atoms with Crippen LogP contribution in [0.2, 0.25) is 0 Å². The zero-order valence-corrected chi connectivity index (χ0v) is 14.3. The minimum Gasteiger partial charge on any atom is -0.306 e. The summed E-state index contributed by atoms with van der Waals surface area (Å²) in [7, 11) is 0. The van der Waals surface area contributed by atoms with Gasteiger partial charge in [-0.05, 0) is 64.3 Å². The van der Waals surface area contributed by atoms with E-state index >= 15 is 0 Å². The number of hydrogen-bond acceptors (Lipinski definition) is 2. The van der Waals surface area contributed by atoms with Crippen LogP contribution in [0.4, 0.5) is 4.39 Å². The normalized spacial score (nSPS) is 12.7. The van der Waals surface area contributed by atoms with Crippen LogP contribution in [0.25, 0.3) is 0 Å². The van der Waals surface area contributed by atoms with E-state index in [4.69, 9.17) is 0 Å². The van der Waals surface area contributed by atoms with E-state index in [9.17, 15) is 4.39 Å². The molecule has 5 heteroatoms. The van der Waals surface area contributed by atoms with Crippen molar-refractivity contribution in [3.8, 4) is 0 Å². The summed E-state index contributed by atoms with van der Waals surface area (Å²) < 4.78 is 16.1. The molecule has 96 valence electrons. The number of benzene rings is 1. The van der Waals surface area contributed by atoms with Gasteiger partial charge in [-0.25, -0.2) is 4.39 Å². The van der Waals surface area contributed by atoms with Gasteiger partial charge < -0.3 is 5.32 Å². The van der Waals surface area contributed by atoms with Crippen molar-refractivity contribution in [2.24, 2.45) is 0 Å². The molecule has 1 aromatic heterocycles. The highest BCUT2D eigenvalue weighted by molar-refractivity contribution is 14.1. The van der Waals surface area contributed by atoms with Crippen molar-refractivity contribution in [2.45, 2.75) is 13.0 Å². The lowest BCUT2D eigenvalue weighted by Crippen LogP contribution is -2.22. The Morgan fingerprint density at radius 3 is 2.83 bits per heavy atom. The summed E-state index contributed by atoms with van der Waals surface area (Å²) in [4.78, 5) is 0. The van der Waals surface area contributed by atoms with E-state index in [1.807, 2.05) is 13.0 Å². The molecule has 0 spiro atoms. The third kappa shape index (κ3) is 3.31. The zero-order valence-electron chi connectivity index (χ0n) is 9.71. The average Bonchev–Trinajstić information content (AvgIpc) is 2.76. The number of thiophene rings is 1. The van der Waals surface area contributed by atoms with Crippen LogP contribution < -0.4 is 5.32 Å². The van der Waals surface area contributed by atoms with Crippen LogP contribution in [0.5, 0.6) is 0 Å². The van der Waals surface area contributed by atoms with Crippen LogP contribution >= 0.6 is 49.9 Å². The van der Waals surface area contributed by atoms with Crippen molar-refractivity contribution in [3.05, 3.63) is 53.9 Å². The first-order valence-corrected chi connectivity index (χ1v) is 8.29. The van der Waals surface area contributed by atoms with Crippen molar-refractivity contribution in [3.63, 3.8) is 0 Å². The van der Waals surface area contributed by atoms with Gasteiger partial charge in [0.25, 0.3) is 0 Å². The Balaban J connectivity index is 2.44. The lowest BCUT2D eigenvalue weighted by molar-refractivity contribution is 0.559. The molecule has 1 aromatic carbocycles. The fourth-order valence-electron chi connectivity index (χ4n) is 1.82. The minimum absolute atomic E-state index is 0.0905. The molecule has 0 saturated carbocycles. The summed E-state index contributed by atoms with van der Waals surface area (Å²) in [5, 5.41) is 5.42. The van der Waals surface area contributed by atoms with Crippen LogP contribution in [0.15, 0.2) is 34.1 Å². The third-order valence-electron chi connectivity index (χ3n) is 2.60. The quantitative estimate of drug-likeness (QED) is 0.664. The first kappa shape index (κ1) is 14.4. The van der Waals surface area contributed by atoms with E-state index < -0.39 is 0 Å². The number of hydrogen-bond donors (Lipinski definition) is 1. The summed E-state index contributed by atoms with van der Waals surface area (Å²) in [6.45, 7) is 2.82. The van der Waals surface area contributed by atoms with Gasteiger partial charge in [0.2, 0.25) is 0 Å². The molecular formula is C13H12BrFINS. The number of nitrogens with one attached hydrogen (secondary N) is 1. The van der Waals surface area contributed by atoms with Crippen LogP contribution in [-0.4, -0.2) is 6.54 Å². The highest BCUT2D eigenvalue weighted by Gasteiger charge is 2.18. The summed E-state index contributed by atoms with van der Waals surface area (Å²) in [6, 6.07) is 7.07. The molecule has 18 heavy (non-hydrogen) atoms. The van der Waals surface area contributed by atoms with Gasteiger partial charge in [0.15, 0.2) is 0 Å². The second-order valence-electron chi connectivity index (χ2n) is 3.84. The molecule has 1 N–H and O–H groups in total. The largest absolute Gasteiger partial charge is 0.306 e. The molecule has 0 bridgehead atoms. The summed E-state index contributed by atoms with van der Waals surface area (Å²) in [6.07, 6.45) is 0. The molecule has 0 amide bonds. The molecule has 0 fully saturated rings. The second kappa shape index (κ2) is 6.45. The molecule has 0 saturated heterocycles. The summed E-state index contributed by atoms with van der Waals surface area (Å²) in [5.41, 5.74) is 1.80. The van der Waals surface area contributed by atoms with Crippen LogP contribution in [-0.2, 0) is 0 Å². The fraction of sp³-hybridized carbons (Fsp3) is 0.231. The van der Waals surface area contributed by atoms with E-state index in [0.717, 1.165) is 16.6 Å². The molecule has 1 unspecified atom stereocenters. The summed E-state index contributed by atoms with van der Waals surface area (Å²) in [5.74, 6) is -0.176. The van der Waals surface area contributed by atoms with Gasteiger partial charge in [0, 0.05) is 10.0 Å². The Labute approximate surface area is 132 Å². The van der Waals surface area contributed by atoms with E-state index in [2.05, 4.69) is 55.3 Å². The molecule has 2 rings (SSSR count). The molecule has 1 atom stereocenters. The Kier molecular flexibility index (Phi) is 5.17. The van der Waals surface area contributed by atoms with E-state index in [1.165, 1.54) is 8.95 Å². The SMILES string of the molecule is CCNC(c1csc(I)c1)c1cc(Br)ccc1F. The smallest absolute Gasteiger partial charge is 0.128 e. The van der Waals surface area contributed by atoms with Gasteiger partial charge in [-0.15, -0.1) is 11.3 Å². The van der Waals surface area contributed by atoms with Crippen LogP contribution in [0.3, 0.4) is 0 Å². The van der Waals surface area contributed by atoms with E-state index in [1.54, 1.807) is 17.4 Å². The Hall–Kier alpha value is 0.0200. The van der Waals surface area contributed by atoms with Crippen LogP contribution in [0, 0.1) is 8.70 Å². The van der Waals surface area contributed by atoms with Gasteiger partial charge in [-0.1, -0.05) is 22.9 Å². The first-order valence-electron chi connectivity index (χ1n) is 5.54. The molecule has 1 nitrogen and oxygen atoms in total. The molecule has 0 aliphatic rings. The standard InChI is InChI=1S/C13H12BrFINS/c1-2-17-13(8-5-12(16)18-7-8)10-6-9(14)3-4-11(10)15/h3-7,13,17H,2H2,1H3. The predicted octanol–water partition coefficient (Wildman–Crippen LogP) is 4.95. The Morgan fingerprint density at radius 2 is 2.22 bits per heavy atom. The maximum Gasteiger partial charge on any atom is 0.128 e. The third-order valence-corrected chi connectivity index (χ3v) is 4.90. The molecular weight excluding hydrogens is 428 g/mol. The second-order valence-corrected chi connectivity index (χ2v) is 7.56. The van der Waals surface area contributed by atoms with Gasteiger partial charge >= 0.3 is 0 Å². The predicted molar refractivity (Wildman–Crippen MR) is 86.7 cm³/mol. The van der Waals surface area contributed by atoms with Crippen molar-refractivity contribution >= 4 is 49.9 Å². The lowest BCUT2D eigenvalue weighted by atomic mass is 10.0. The molecule has 0 aliphatic carbocycles. The average molecular weight is 440 g/mol. The lowest BCUT2D eigenvalue weighted by Gasteiger charge is -2.18. The minimum atomic E-state index is -0.176. The van der Waals surface area contributed by atoms with E-state index in [-0.39, 0.29) is 11.9 Å². The Morgan fingerprint density at radius 1 is 1.44 bits per heavy atom. The van der Waals surface area contributed by atoms with Crippen molar-refractivity contribution < 1.29 is 4.39 Å². The molecule has 0 radical (unpaired) electrons. The topological polar surface area (TPSA) is 12.0 Å². The highest BCUT2D eigenvalue weighted by atomic mass is 127. The summed E-state index contributed by atoms with van der Waals surface area (Å²) >= 11 is 7.36. The number of halogens is 3. The number of rotatable bonds is 4. The Bertz CT molecular complexity index is 544. The van der Waals surface area contributed by atoms with Crippen LogP contribution in [0.1, 0.15) is 24.1 Å². The monoisotopic (exact) mass is 439 g/mol. The maximum absolute atomic E-state index is 14.0.